The zero-order chi connectivity index (χ0) is 18.0. The molecule has 0 saturated carbocycles. The third-order valence-corrected chi connectivity index (χ3v) is 4.01. The van der Waals surface area contributed by atoms with Crippen LogP contribution in [0.1, 0.15) is 25.1 Å². The van der Waals surface area contributed by atoms with Gasteiger partial charge in [-0.1, -0.05) is 6.42 Å². The number of nitro benzene ring substituents is 1. The Morgan fingerprint density at radius 2 is 2.16 bits per heavy atom. The van der Waals surface area contributed by atoms with Gasteiger partial charge in [0.25, 0.3) is 5.69 Å². The second kappa shape index (κ2) is 6.83. The van der Waals surface area contributed by atoms with Gasteiger partial charge in [-0.15, -0.1) is 0 Å². The smallest absolute Gasteiger partial charge is 0.322 e. The van der Waals surface area contributed by atoms with Crippen molar-refractivity contribution in [3.8, 4) is 0 Å². The molecule has 1 N–H and O–H groups in total. The van der Waals surface area contributed by atoms with Gasteiger partial charge in [0.15, 0.2) is 0 Å². The van der Waals surface area contributed by atoms with Crippen LogP contribution in [0.2, 0.25) is 0 Å². The van der Waals surface area contributed by atoms with Gasteiger partial charge < -0.3 is 5.32 Å². The van der Waals surface area contributed by atoms with Gasteiger partial charge in [-0.2, -0.15) is 5.10 Å². The van der Waals surface area contributed by atoms with Crippen molar-refractivity contribution < 1.29 is 14.1 Å². The Labute approximate surface area is 141 Å². The van der Waals surface area contributed by atoms with Crippen molar-refractivity contribution in [3.63, 3.8) is 0 Å². The fourth-order valence-corrected chi connectivity index (χ4v) is 2.78. The summed E-state index contributed by atoms with van der Waals surface area (Å²) in [4.78, 5) is 34.4. The van der Waals surface area contributed by atoms with E-state index in [2.05, 4.69) is 10.4 Å². The van der Waals surface area contributed by atoms with Gasteiger partial charge in [-0.3, -0.25) is 19.5 Å². The summed E-state index contributed by atoms with van der Waals surface area (Å²) in [7, 11) is 0. The summed E-state index contributed by atoms with van der Waals surface area (Å²) in [5, 5.41) is 17.1. The lowest BCUT2D eigenvalue weighted by Gasteiger charge is -2.06. The monoisotopic (exact) mass is 349 g/mol. The topological polar surface area (TPSA) is 112 Å². The highest BCUT2D eigenvalue weighted by molar-refractivity contribution is 5.90. The summed E-state index contributed by atoms with van der Waals surface area (Å²) in [6.07, 6.45) is 3.50. The van der Waals surface area contributed by atoms with Crippen LogP contribution >= 0.6 is 0 Å². The van der Waals surface area contributed by atoms with Crippen molar-refractivity contribution in [1.82, 2.24) is 14.3 Å². The minimum Gasteiger partial charge on any atom is -0.322 e. The molecule has 3 rings (SSSR count). The Kier molecular flexibility index (Phi) is 4.59. The van der Waals surface area contributed by atoms with Gasteiger partial charge in [-0.05, 0) is 18.9 Å². The molecule has 1 aromatic heterocycles. The zero-order valence-corrected chi connectivity index (χ0v) is 13.3. The van der Waals surface area contributed by atoms with Crippen molar-refractivity contribution in [2.45, 2.75) is 38.8 Å². The molecule has 1 aliphatic heterocycles. The normalized spacial score (nSPS) is 13.8. The van der Waals surface area contributed by atoms with Crippen LogP contribution in [0.5, 0.6) is 0 Å². The number of non-ortho nitro benzene ring substituents is 1. The minimum absolute atomic E-state index is 0.312. The first-order valence-electron chi connectivity index (χ1n) is 7.86. The van der Waals surface area contributed by atoms with E-state index in [1.807, 2.05) is 0 Å². The van der Waals surface area contributed by atoms with Crippen LogP contribution in [0.25, 0.3) is 0 Å². The number of aryl methyl sites for hydroxylation is 1. The first-order valence-corrected chi connectivity index (χ1v) is 7.86. The number of anilines is 1. The molecule has 9 nitrogen and oxygen atoms in total. The predicted molar refractivity (Wildman–Crippen MR) is 85.7 cm³/mol. The summed E-state index contributed by atoms with van der Waals surface area (Å²) in [6, 6.07) is 2.83. The highest BCUT2D eigenvalue weighted by Crippen LogP contribution is 2.21. The minimum atomic E-state index is -0.799. The summed E-state index contributed by atoms with van der Waals surface area (Å²) in [5.74, 6) is -0.849. The second-order valence-corrected chi connectivity index (χ2v) is 5.79. The molecule has 0 aliphatic carbocycles. The Morgan fingerprint density at radius 3 is 2.92 bits per heavy atom. The molecule has 2 aromatic rings. The fourth-order valence-electron chi connectivity index (χ4n) is 2.78. The van der Waals surface area contributed by atoms with Gasteiger partial charge in [0.1, 0.15) is 18.2 Å². The van der Waals surface area contributed by atoms with Crippen LogP contribution in [0.15, 0.2) is 23.0 Å². The highest BCUT2D eigenvalue weighted by Gasteiger charge is 2.18. The molecule has 1 aromatic carbocycles. The molecule has 0 bridgehead atoms. The molecule has 1 amide bonds. The van der Waals surface area contributed by atoms with Crippen molar-refractivity contribution in [1.29, 1.82) is 0 Å². The number of halogens is 1. The Balaban J connectivity index is 1.77. The van der Waals surface area contributed by atoms with E-state index in [4.69, 9.17) is 0 Å². The number of amides is 1. The molecule has 0 unspecified atom stereocenters. The number of nitrogens with one attached hydrogen (secondary N) is 1. The summed E-state index contributed by atoms with van der Waals surface area (Å²) >= 11 is 0. The summed E-state index contributed by atoms with van der Waals surface area (Å²) in [6.45, 7) is 0.177. The Bertz CT molecular complexity index is 889. The molecule has 132 valence electrons. The predicted octanol–water partition coefficient (Wildman–Crippen LogP) is 1.46. The zero-order valence-electron chi connectivity index (χ0n) is 13.3. The summed E-state index contributed by atoms with van der Waals surface area (Å²) < 4.78 is 16.3. The third kappa shape index (κ3) is 3.57. The number of rotatable bonds is 4. The lowest BCUT2D eigenvalue weighted by Crippen LogP contribution is -2.30. The average molecular weight is 349 g/mol. The third-order valence-electron chi connectivity index (χ3n) is 4.01. The lowest BCUT2D eigenvalue weighted by molar-refractivity contribution is -0.384. The van der Waals surface area contributed by atoms with E-state index in [0.29, 0.717) is 18.8 Å². The number of benzene rings is 1. The lowest BCUT2D eigenvalue weighted by atomic mass is 10.2. The Hall–Kier alpha value is -3.04. The van der Waals surface area contributed by atoms with Gasteiger partial charge in [0.05, 0.1) is 10.6 Å². The second-order valence-electron chi connectivity index (χ2n) is 5.79. The van der Waals surface area contributed by atoms with Crippen LogP contribution in [0, 0.1) is 15.9 Å². The van der Waals surface area contributed by atoms with E-state index in [-0.39, 0.29) is 23.6 Å². The van der Waals surface area contributed by atoms with Crippen LogP contribution in [0.3, 0.4) is 0 Å². The Morgan fingerprint density at radius 1 is 1.36 bits per heavy atom. The number of hydrogen-bond acceptors (Lipinski definition) is 5. The van der Waals surface area contributed by atoms with E-state index in [1.165, 1.54) is 0 Å². The molecular weight excluding hydrogens is 333 g/mol. The number of carbonyl (C=O) groups excluding carboxylic acids is 1. The van der Waals surface area contributed by atoms with Gasteiger partial charge in [-0.25, -0.2) is 13.9 Å². The molecule has 0 radical (unpaired) electrons. The first-order chi connectivity index (χ1) is 12.0. The molecule has 1 aliphatic rings. The molecule has 0 atom stereocenters. The van der Waals surface area contributed by atoms with E-state index < -0.39 is 16.6 Å². The number of nitrogens with zero attached hydrogens (tertiary/aromatic N) is 4. The van der Waals surface area contributed by atoms with Crippen molar-refractivity contribution in [2.75, 3.05) is 5.32 Å². The fraction of sp³-hybridized carbons (Fsp3) is 0.400. The molecule has 0 fully saturated rings. The maximum absolute atomic E-state index is 13.7. The molecule has 25 heavy (non-hydrogen) atoms. The highest BCUT2D eigenvalue weighted by atomic mass is 19.1. The average Bonchev–Trinajstić information content (AvgIpc) is 2.74. The summed E-state index contributed by atoms with van der Waals surface area (Å²) in [5.41, 5.74) is -1.04. The first kappa shape index (κ1) is 16.8. The molecule has 2 heterocycles. The van der Waals surface area contributed by atoms with Crippen LogP contribution < -0.4 is 11.0 Å². The number of nitro groups is 1. The molecule has 0 spiro atoms. The van der Waals surface area contributed by atoms with E-state index in [9.17, 15) is 24.1 Å². The molecule has 0 saturated heterocycles. The van der Waals surface area contributed by atoms with Gasteiger partial charge in [0, 0.05) is 25.1 Å². The quantitative estimate of drug-likeness (QED) is 0.663. The molecular formula is C15H16FN5O4. The maximum atomic E-state index is 13.7. The number of carbonyl (C=O) groups is 1. The van der Waals surface area contributed by atoms with Crippen LogP contribution in [0.4, 0.5) is 15.8 Å². The van der Waals surface area contributed by atoms with Crippen molar-refractivity contribution in [2.24, 2.45) is 0 Å². The van der Waals surface area contributed by atoms with Crippen LogP contribution in [-0.4, -0.2) is 25.2 Å². The van der Waals surface area contributed by atoms with Gasteiger partial charge >= 0.3 is 5.69 Å². The van der Waals surface area contributed by atoms with Crippen LogP contribution in [-0.2, 0) is 24.3 Å². The SMILES string of the molecule is O=C(Cn1nc2n(c1=O)CCCCC2)Nc1cc([N+](=O)[O-])ccc1F. The number of hydrogen-bond donors (Lipinski definition) is 1. The van der Waals surface area contributed by atoms with E-state index >= 15 is 0 Å². The maximum Gasteiger partial charge on any atom is 0.346 e. The van der Waals surface area contributed by atoms with Crippen molar-refractivity contribution >= 4 is 17.3 Å². The van der Waals surface area contributed by atoms with E-state index in [1.54, 1.807) is 4.57 Å². The largest absolute Gasteiger partial charge is 0.346 e. The standard InChI is InChI=1S/C15H16FN5O4/c16-11-6-5-10(21(24)25)8-12(11)17-14(22)9-20-15(23)19-7-3-1-2-4-13(19)18-20/h5-6,8H,1-4,7,9H2,(H,17,22). The molecule has 10 heteroatoms. The number of fused-ring (bicyclic) bond motifs is 1. The van der Waals surface area contributed by atoms with Gasteiger partial charge in [0.2, 0.25) is 5.91 Å². The number of aromatic nitrogens is 3. The van der Waals surface area contributed by atoms with E-state index in [0.717, 1.165) is 42.1 Å². The van der Waals surface area contributed by atoms with Crippen molar-refractivity contribution in [3.05, 3.63) is 50.4 Å².